The zero-order valence-corrected chi connectivity index (χ0v) is 17.8. The van der Waals surface area contributed by atoms with Crippen molar-refractivity contribution in [1.82, 2.24) is 25.6 Å². The van der Waals surface area contributed by atoms with Crippen LogP contribution in [0.3, 0.4) is 0 Å². The summed E-state index contributed by atoms with van der Waals surface area (Å²) in [6.07, 6.45) is 6.58. The van der Waals surface area contributed by atoms with Gasteiger partial charge in [-0.05, 0) is 50.8 Å². The molecule has 0 radical (unpaired) electrons. The summed E-state index contributed by atoms with van der Waals surface area (Å²) in [6.45, 7) is 7.85. The molecule has 2 amide bonds. The predicted octanol–water partition coefficient (Wildman–Crippen LogP) is 2.27. The van der Waals surface area contributed by atoms with Gasteiger partial charge < -0.3 is 20.1 Å². The van der Waals surface area contributed by atoms with E-state index < -0.39 is 0 Å². The third-order valence-corrected chi connectivity index (χ3v) is 4.90. The minimum Gasteiger partial charge on any atom is -0.491 e. The van der Waals surface area contributed by atoms with E-state index in [2.05, 4.69) is 27.5 Å². The molecule has 1 aromatic heterocycles. The second-order valence-electron chi connectivity index (χ2n) is 7.23. The minimum atomic E-state index is -0.273. The van der Waals surface area contributed by atoms with E-state index in [1.807, 2.05) is 13.0 Å². The molecular weight excluding hydrogens is 398 g/mol. The van der Waals surface area contributed by atoms with Crippen LogP contribution in [-0.4, -0.2) is 59.2 Å². The summed E-state index contributed by atoms with van der Waals surface area (Å²) in [6, 6.07) is 5.19. The minimum absolute atomic E-state index is 0.0755. The van der Waals surface area contributed by atoms with Crippen molar-refractivity contribution in [2.45, 2.75) is 38.6 Å². The topological polar surface area (TPSA) is 107 Å². The number of carbonyl (C=O) groups excluding carboxylic acids is 2. The van der Waals surface area contributed by atoms with Gasteiger partial charge in [0.15, 0.2) is 5.69 Å². The number of hydrogen-bond donors (Lipinski definition) is 2. The van der Waals surface area contributed by atoms with Crippen molar-refractivity contribution in [3.8, 4) is 11.4 Å². The molecule has 0 atom stereocenters. The first-order valence-corrected chi connectivity index (χ1v) is 10.6. The Balaban J connectivity index is 1.78. The van der Waals surface area contributed by atoms with Crippen LogP contribution in [0.2, 0.25) is 0 Å². The van der Waals surface area contributed by atoms with Crippen LogP contribution in [0.4, 0.5) is 0 Å². The predicted molar refractivity (Wildman–Crippen MR) is 116 cm³/mol. The van der Waals surface area contributed by atoms with Gasteiger partial charge in [0.05, 0.1) is 12.8 Å². The third-order valence-electron chi connectivity index (χ3n) is 4.90. The lowest BCUT2D eigenvalue weighted by atomic mass is 10.1. The SMILES string of the molecule is C=CCCCOc1cc(C(=O)NCC)ccc1-n1cc(C(=O)NC2CCOCC2)nn1. The van der Waals surface area contributed by atoms with Gasteiger partial charge in [0, 0.05) is 31.4 Å². The van der Waals surface area contributed by atoms with E-state index in [1.165, 1.54) is 4.68 Å². The summed E-state index contributed by atoms with van der Waals surface area (Å²) < 4.78 is 12.7. The van der Waals surface area contributed by atoms with Crippen molar-refractivity contribution in [3.05, 3.63) is 48.3 Å². The summed E-state index contributed by atoms with van der Waals surface area (Å²) in [5, 5.41) is 13.9. The molecule has 0 saturated carbocycles. The van der Waals surface area contributed by atoms with Gasteiger partial charge >= 0.3 is 0 Å². The summed E-state index contributed by atoms with van der Waals surface area (Å²) in [5.74, 6) is 0.0414. The van der Waals surface area contributed by atoms with E-state index in [1.54, 1.807) is 24.4 Å². The maximum Gasteiger partial charge on any atom is 0.273 e. The Morgan fingerprint density at radius 2 is 2.13 bits per heavy atom. The van der Waals surface area contributed by atoms with Gasteiger partial charge in [-0.3, -0.25) is 9.59 Å². The van der Waals surface area contributed by atoms with Crippen LogP contribution in [0, 0.1) is 0 Å². The number of carbonyl (C=O) groups is 2. The lowest BCUT2D eigenvalue weighted by Gasteiger charge is -2.22. The van der Waals surface area contributed by atoms with E-state index in [4.69, 9.17) is 9.47 Å². The molecule has 166 valence electrons. The maximum absolute atomic E-state index is 12.5. The smallest absolute Gasteiger partial charge is 0.273 e. The van der Waals surface area contributed by atoms with Crippen LogP contribution in [0.25, 0.3) is 5.69 Å². The van der Waals surface area contributed by atoms with Crippen molar-refractivity contribution in [2.75, 3.05) is 26.4 Å². The number of rotatable bonds is 10. The highest BCUT2D eigenvalue weighted by molar-refractivity contribution is 5.95. The summed E-state index contributed by atoms with van der Waals surface area (Å²) >= 11 is 0. The van der Waals surface area contributed by atoms with Gasteiger partial charge in [-0.25, -0.2) is 4.68 Å². The van der Waals surface area contributed by atoms with E-state index >= 15 is 0 Å². The molecule has 0 aliphatic carbocycles. The number of allylic oxidation sites excluding steroid dienone is 1. The number of aromatic nitrogens is 3. The molecule has 2 heterocycles. The molecular formula is C22H29N5O4. The third kappa shape index (κ3) is 6.14. The molecule has 1 aromatic carbocycles. The highest BCUT2D eigenvalue weighted by atomic mass is 16.5. The van der Waals surface area contributed by atoms with Crippen molar-refractivity contribution >= 4 is 11.8 Å². The van der Waals surface area contributed by atoms with Crippen LogP contribution < -0.4 is 15.4 Å². The molecule has 2 N–H and O–H groups in total. The largest absolute Gasteiger partial charge is 0.491 e. The Hall–Kier alpha value is -3.20. The monoisotopic (exact) mass is 427 g/mol. The first-order valence-electron chi connectivity index (χ1n) is 10.6. The molecule has 9 heteroatoms. The molecule has 0 spiro atoms. The van der Waals surface area contributed by atoms with Crippen molar-refractivity contribution in [3.63, 3.8) is 0 Å². The molecule has 0 bridgehead atoms. The fourth-order valence-corrected chi connectivity index (χ4v) is 3.22. The zero-order chi connectivity index (χ0) is 22.1. The Morgan fingerprint density at radius 3 is 2.87 bits per heavy atom. The molecule has 1 aliphatic heterocycles. The molecule has 3 rings (SSSR count). The van der Waals surface area contributed by atoms with Crippen molar-refractivity contribution in [1.29, 1.82) is 0 Å². The Morgan fingerprint density at radius 1 is 1.32 bits per heavy atom. The fraction of sp³-hybridized carbons (Fsp3) is 0.455. The van der Waals surface area contributed by atoms with Gasteiger partial charge in [-0.2, -0.15) is 0 Å². The second-order valence-corrected chi connectivity index (χ2v) is 7.23. The Kier molecular flexibility index (Phi) is 8.17. The Labute approximate surface area is 181 Å². The van der Waals surface area contributed by atoms with Crippen LogP contribution in [0.1, 0.15) is 53.5 Å². The lowest BCUT2D eigenvalue weighted by molar-refractivity contribution is 0.0694. The van der Waals surface area contributed by atoms with E-state index in [9.17, 15) is 9.59 Å². The number of benzene rings is 1. The molecule has 1 fully saturated rings. The van der Waals surface area contributed by atoms with Gasteiger partial charge in [0.2, 0.25) is 0 Å². The van der Waals surface area contributed by atoms with E-state index in [0.717, 1.165) is 25.7 Å². The first-order chi connectivity index (χ1) is 15.1. The summed E-state index contributed by atoms with van der Waals surface area (Å²) in [7, 11) is 0. The number of nitrogens with one attached hydrogen (secondary N) is 2. The molecule has 9 nitrogen and oxygen atoms in total. The van der Waals surface area contributed by atoms with Crippen LogP contribution in [-0.2, 0) is 4.74 Å². The quantitative estimate of drug-likeness (QED) is 0.445. The van der Waals surface area contributed by atoms with Crippen molar-refractivity contribution < 1.29 is 19.1 Å². The second kappa shape index (κ2) is 11.3. The van der Waals surface area contributed by atoms with E-state index in [-0.39, 0.29) is 23.6 Å². The molecule has 1 saturated heterocycles. The average molecular weight is 428 g/mol. The number of ether oxygens (including phenoxy) is 2. The standard InChI is InChI=1S/C22H29N5O4/c1-3-5-6-11-31-20-14-16(21(28)23-4-2)7-8-19(20)27-15-18(25-26-27)22(29)24-17-9-12-30-13-10-17/h3,7-8,14-15,17H,1,4-6,9-13H2,2H3,(H,23,28)(H,24,29). The Bertz CT molecular complexity index is 905. The molecule has 2 aromatic rings. The average Bonchev–Trinajstić information content (AvgIpc) is 3.28. The molecule has 31 heavy (non-hydrogen) atoms. The lowest BCUT2D eigenvalue weighted by Crippen LogP contribution is -2.39. The number of hydrogen-bond acceptors (Lipinski definition) is 6. The summed E-state index contributed by atoms with van der Waals surface area (Å²) in [4.78, 5) is 24.8. The highest BCUT2D eigenvalue weighted by Gasteiger charge is 2.20. The fourth-order valence-electron chi connectivity index (χ4n) is 3.22. The van der Waals surface area contributed by atoms with Gasteiger partial charge in [0.1, 0.15) is 11.4 Å². The molecule has 0 unspecified atom stereocenters. The van der Waals surface area contributed by atoms with Gasteiger partial charge in [0.25, 0.3) is 11.8 Å². The normalized spacial score (nSPS) is 14.1. The van der Waals surface area contributed by atoms with E-state index in [0.29, 0.717) is 43.4 Å². The van der Waals surface area contributed by atoms with Crippen LogP contribution in [0.5, 0.6) is 5.75 Å². The zero-order valence-electron chi connectivity index (χ0n) is 17.8. The number of unbranched alkanes of at least 4 members (excludes halogenated alkanes) is 1. The van der Waals surface area contributed by atoms with Gasteiger partial charge in [-0.15, -0.1) is 11.7 Å². The van der Waals surface area contributed by atoms with Crippen LogP contribution >= 0.6 is 0 Å². The maximum atomic E-state index is 12.5. The van der Waals surface area contributed by atoms with Gasteiger partial charge in [-0.1, -0.05) is 11.3 Å². The van der Waals surface area contributed by atoms with Crippen molar-refractivity contribution in [2.24, 2.45) is 0 Å². The first kappa shape index (κ1) is 22.5. The highest BCUT2D eigenvalue weighted by Crippen LogP contribution is 2.25. The summed E-state index contributed by atoms with van der Waals surface area (Å²) in [5.41, 5.74) is 1.31. The number of nitrogens with zero attached hydrogens (tertiary/aromatic N) is 3. The van der Waals surface area contributed by atoms with Crippen LogP contribution in [0.15, 0.2) is 37.1 Å². The number of amides is 2. The molecule has 1 aliphatic rings.